The molecule has 24 heavy (non-hydrogen) atoms. The van der Waals surface area contributed by atoms with Gasteiger partial charge in [0, 0.05) is 44.3 Å². The van der Waals surface area contributed by atoms with Gasteiger partial charge in [-0.1, -0.05) is 13.8 Å². The first-order chi connectivity index (χ1) is 11.6. The van der Waals surface area contributed by atoms with Crippen LogP contribution in [0.4, 0.5) is 5.82 Å². The largest absolute Gasteiger partial charge is 0.359 e. The number of hydrogen-bond acceptors (Lipinski definition) is 4. The first kappa shape index (κ1) is 17.9. The lowest BCUT2D eigenvalue weighted by molar-refractivity contribution is 0.0952. The van der Waals surface area contributed by atoms with Crippen LogP contribution in [0.15, 0.2) is 42.9 Å². The zero-order valence-electron chi connectivity index (χ0n) is 14.7. The molecule has 0 radical (unpaired) electrons. The first-order valence-electron chi connectivity index (χ1n) is 8.40. The number of carbonyl (C=O) groups is 1. The van der Waals surface area contributed by atoms with Crippen molar-refractivity contribution in [3.8, 4) is 0 Å². The SMILES string of the molecule is CC(C)CCNC(=O)c1ccnc(N(C)CCc2ccncc2)c1. The Labute approximate surface area is 144 Å². The molecule has 0 atom stereocenters. The van der Waals surface area contributed by atoms with Crippen molar-refractivity contribution in [2.24, 2.45) is 5.92 Å². The number of rotatable bonds is 8. The highest BCUT2D eigenvalue weighted by Gasteiger charge is 2.09. The smallest absolute Gasteiger partial charge is 0.251 e. The molecule has 128 valence electrons. The highest BCUT2D eigenvalue weighted by molar-refractivity contribution is 5.94. The van der Waals surface area contributed by atoms with Crippen LogP contribution in [0.25, 0.3) is 0 Å². The number of carbonyl (C=O) groups excluding carboxylic acids is 1. The number of nitrogens with one attached hydrogen (secondary N) is 1. The molecule has 0 aliphatic carbocycles. The van der Waals surface area contributed by atoms with Crippen LogP contribution in [0.1, 0.15) is 36.2 Å². The Balaban J connectivity index is 1.92. The summed E-state index contributed by atoms with van der Waals surface area (Å²) < 4.78 is 0. The molecule has 2 aromatic rings. The average molecular weight is 326 g/mol. The third kappa shape index (κ3) is 5.65. The standard InChI is InChI=1S/C19H26N4O/c1-15(2)4-11-22-19(24)17-7-12-21-18(14-17)23(3)13-8-16-5-9-20-10-6-16/h5-7,9-10,12,14-15H,4,8,11,13H2,1-3H3,(H,22,24). The average Bonchev–Trinajstić information content (AvgIpc) is 2.60. The summed E-state index contributed by atoms with van der Waals surface area (Å²) in [6.07, 6.45) is 7.18. The van der Waals surface area contributed by atoms with Crippen LogP contribution in [-0.2, 0) is 6.42 Å². The van der Waals surface area contributed by atoms with Gasteiger partial charge < -0.3 is 10.2 Å². The van der Waals surface area contributed by atoms with Crippen molar-refractivity contribution in [2.45, 2.75) is 26.7 Å². The normalized spacial score (nSPS) is 10.7. The van der Waals surface area contributed by atoms with Crippen molar-refractivity contribution in [3.05, 3.63) is 54.0 Å². The van der Waals surface area contributed by atoms with Crippen molar-refractivity contribution in [1.82, 2.24) is 15.3 Å². The van der Waals surface area contributed by atoms with Gasteiger partial charge in [-0.05, 0) is 48.6 Å². The van der Waals surface area contributed by atoms with Crippen LogP contribution < -0.4 is 10.2 Å². The predicted octanol–water partition coefficient (Wildman–Crippen LogP) is 2.93. The fraction of sp³-hybridized carbons (Fsp3) is 0.421. The molecule has 5 nitrogen and oxygen atoms in total. The number of pyridine rings is 2. The lowest BCUT2D eigenvalue weighted by Crippen LogP contribution is -2.26. The molecule has 5 heteroatoms. The molecule has 1 amide bonds. The molecule has 0 fully saturated rings. The van der Waals surface area contributed by atoms with E-state index in [2.05, 4.69) is 34.0 Å². The van der Waals surface area contributed by atoms with E-state index in [-0.39, 0.29) is 5.91 Å². The Morgan fingerprint density at radius 1 is 1.21 bits per heavy atom. The number of hydrogen-bond donors (Lipinski definition) is 1. The summed E-state index contributed by atoms with van der Waals surface area (Å²) in [7, 11) is 1.99. The van der Waals surface area contributed by atoms with E-state index >= 15 is 0 Å². The van der Waals surface area contributed by atoms with Crippen LogP contribution >= 0.6 is 0 Å². The molecular weight excluding hydrogens is 300 g/mol. The molecule has 0 aliphatic rings. The summed E-state index contributed by atoms with van der Waals surface area (Å²) in [6.45, 7) is 5.82. The van der Waals surface area contributed by atoms with Crippen LogP contribution in [0.5, 0.6) is 0 Å². The third-order valence-corrected chi connectivity index (χ3v) is 3.89. The molecule has 0 saturated heterocycles. The highest BCUT2D eigenvalue weighted by Crippen LogP contribution is 2.12. The van der Waals surface area contributed by atoms with Crippen molar-refractivity contribution in [3.63, 3.8) is 0 Å². The Hall–Kier alpha value is -2.43. The Morgan fingerprint density at radius 3 is 2.67 bits per heavy atom. The van der Waals surface area contributed by atoms with Crippen molar-refractivity contribution in [1.29, 1.82) is 0 Å². The maximum Gasteiger partial charge on any atom is 0.251 e. The van der Waals surface area contributed by atoms with Crippen molar-refractivity contribution in [2.75, 3.05) is 25.0 Å². The van der Waals surface area contributed by atoms with Crippen molar-refractivity contribution >= 4 is 11.7 Å². The maximum absolute atomic E-state index is 12.2. The topological polar surface area (TPSA) is 58.1 Å². The van der Waals surface area contributed by atoms with Gasteiger partial charge in [-0.15, -0.1) is 0 Å². The van der Waals surface area contributed by atoms with Gasteiger partial charge in [0.25, 0.3) is 5.91 Å². The zero-order valence-corrected chi connectivity index (χ0v) is 14.7. The molecule has 2 aromatic heterocycles. The number of anilines is 1. The predicted molar refractivity (Wildman–Crippen MR) is 97.2 cm³/mol. The Kier molecular flexibility index (Phi) is 6.73. The van der Waals surface area contributed by atoms with Crippen LogP contribution in [0, 0.1) is 5.92 Å². The molecular formula is C19H26N4O. The Morgan fingerprint density at radius 2 is 1.96 bits per heavy atom. The summed E-state index contributed by atoms with van der Waals surface area (Å²) in [4.78, 5) is 22.7. The third-order valence-electron chi connectivity index (χ3n) is 3.89. The van der Waals surface area contributed by atoms with E-state index in [0.29, 0.717) is 18.0 Å². The molecule has 0 aromatic carbocycles. The summed E-state index contributed by atoms with van der Waals surface area (Å²) in [5, 5.41) is 2.96. The molecule has 2 heterocycles. The lowest BCUT2D eigenvalue weighted by Gasteiger charge is -2.18. The van der Waals surface area contributed by atoms with Gasteiger partial charge in [-0.25, -0.2) is 4.98 Å². The van der Waals surface area contributed by atoms with Gasteiger partial charge >= 0.3 is 0 Å². The number of nitrogens with zero attached hydrogens (tertiary/aromatic N) is 3. The number of likely N-dealkylation sites (N-methyl/N-ethyl adjacent to an activating group) is 1. The monoisotopic (exact) mass is 326 g/mol. The second-order valence-corrected chi connectivity index (χ2v) is 6.37. The minimum atomic E-state index is -0.0400. The zero-order chi connectivity index (χ0) is 17.4. The van der Waals surface area contributed by atoms with E-state index in [0.717, 1.165) is 25.2 Å². The van der Waals surface area contributed by atoms with E-state index < -0.39 is 0 Å². The van der Waals surface area contributed by atoms with Crippen LogP contribution in [0.2, 0.25) is 0 Å². The van der Waals surface area contributed by atoms with Gasteiger partial charge in [0.05, 0.1) is 0 Å². The molecule has 0 spiro atoms. The van der Waals surface area contributed by atoms with E-state index in [4.69, 9.17) is 0 Å². The molecule has 0 bridgehead atoms. The summed E-state index contributed by atoms with van der Waals surface area (Å²) in [5.74, 6) is 1.35. The van der Waals surface area contributed by atoms with E-state index in [1.165, 1.54) is 5.56 Å². The van der Waals surface area contributed by atoms with Crippen LogP contribution in [-0.4, -0.2) is 36.0 Å². The minimum Gasteiger partial charge on any atom is -0.359 e. The molecule has 2 rings (SSSR count). The fourth-order valence-electron chi connectivity index (χ4n) is 2.31. The van der Waals surface area contributed by atoms with Gasteiger partial charge in [0.2, 0.25) is 0 Å². The number of aromatic nitrogens is 2. The molecule has 0 aliphatic heterocycles. The molecule has 0 saturated carbocycles. The summed E-state index contributed by atoms with van der Waals surface area (Å²) in [5.41, 5.74) is 1.89. The van der Waals surface area contributed by atoms with Gasteiger partial charge in [0.15, 0.2) is 0 Å². The van der Waals surface area contributed by atoms with Gasteiger partial charge in [0.1, 0.15) is 5.82 Å². The summed E-state index contributed by atoms with van der Waals surface area (Å²) >= 11 is 0. The summed E-state index contributed by atoms with van der Waals surface area (Å²) in [6, 6.07) is 7.63. The minimum absolute atomic E-state index is 0.0400. The van der Waals surface area contributed by atoms with Crippen LogP contribution in [0.3, 0.4) is 0 Å². The first-order valence-corrected chi connectivity index (χ1v) is 8.40. The molecule has 1 N–H and O–H groups in total. The fourth-order valence-corrected chi connectivity index (χ4v) is 2.31. The highest BCUT2D eigenvalue weighted by atomic mass is 16.1. The second kappa shape index (κ2) is 9.01. The Bertz CT molecular complexity index is 643. The lowest BCUT2D eigenvalue weighted by atomic mass is 10.1. The van der Waals surface area contributed by atoms with E-state index in [9.17, 15) is 4.79 Å². The van der Waals surface area contributed by atoms with Gasteiger partial charge in [-0.2, -0.15) is 0 Å². The van der Waals surface area contributed by atoms with Crippen molar-refractivity contribution < 1.29 is 4.79 Å². The number of amides is 1. The maximum atomic E-state index is 12.2. The second-order valence-electron chi connectivity index (χ2n) is 6.37. The van der Waals surface area contributed by atoms with Gasteiger partial charge in [-0.3, -0.25) is 9.78 Å². The van der Waals surface area contributed by atoms with E-state index in [1.54, 1.807) is 24.7 Å². The quantitative estimate of drug-likeness (QED) is 0.810. The van der Waals surface area contributed by atoms with E-state index in [1.807, 2.05) is 25.2 Å². The molecule has 0 unspecified atom stereocenters.